The average molecular weight is 338 g/mol. The summed E-state index contributed by atoms with van der Waals surface area (Å²) in [6.45, 7) is 3.88. The van der Waals surface area contributed by atoms with Crippen LogP contribution in [0.2, 0.25) is 0 Å². The van der Waals surface area contributed by atoms with E-state index in [1.807, 2.05) is 67.1 Å². The fraction of sp³-hybridized carbons (Fsp3) is 0.250. The first-order valence-electron chi connectivity index (χ1n) is 8.13. The van der Waals surface area contributed by atoms with E-state index in [9.17, 15) is 4.79 Å². The van der Waals surface area contributed by atoms with Crippen LogP contribution in [0.15, 0.2) is 48.7 Å². The van der Waals surface area contributed by atoms with Gasteiger partial charge in [0, 0.05) is 29.4 Å². The van der Waals surface area contributed by atoms with E-state index in [0.29, 0.717) is 5.75 Å². The van der Waals surface area contributed by atoms with Crippen LogP contribution >= 0.6 is 0 Å². The predicted molar refractivity (Wildman–Crippen MR) is 99.6 cm³/mol. The molecule has 0 saturated heterocycles. The van der Waals surface area contributed by atoms with E-state index in [4.69, 9.17) is 9.47 Å². The number of carbonyl (C=O) groups is 1. The second-order valence-electron chi connectivity index (χ2n) is 6.02. The van der Waals surface area contributed by atoms with Crippen molar-refractivity contribution in [1.82, 2.24) is 4.57 Å². The molecule has 0 bridgehead atoms. The third kappa shape index (κ3) is 3.31. The van der Waals surface area contributed by atoms with Crippen LogP contribution in [0.3, 0.4) is 0 Å². The maximum absolute atomic E-state index is 12.7. The normalized spacial score (nSPS) is 12.0. The number of amides is 1. The Balaban J connectivity index is 1.92. The Bertz CT molecular complexity index is 897. The summed E-state index contributed by atoms with van der Waals surface area (Å²) in [7, 11) is 3.24. The lowest BCUT2D eigenvalue weighted by molar-refractivity contribution is -0.118. The quantitative estimate of drug-likeness (QED) is 0.760. The molecule has 5 nitrogen and oxygen atoms in total. The highest BCUT2D eigenvalue weighted by molar-refractivity contribution is 5.96. The van der Waals surface area contributed by atoms with Crippen LogP contribution in [0.4, 0.5) is 5.69 Å². The number of aromatic nitrogens is 1. The molecule has 3 aromatic rings. The zero-order valence-electron chi connectivity index (χ0n) is 14.9. The zero-order valence-corrected chi connectivity index (χ0v) is 14.9. The fourth-order valence-corrected chi connectivity index (χ4v) is 2.84. The Morgan fingerprint density at radius 1 is 1.08 bits per heavy atom. The second-order valence-corrected chi connectivity index (χ2v) is 6.02. The van der Waals surface area contributed by atoms with Gasteiger partial charge in [0.05, 0.1) is 19.7 Å². The molecule has 0 spiro atoms. The van der Waals surface area contributed by atoms with E-state index in [2.05, 4.69) is 5.32 Å². The second kappa shape index (κ2) is 6.89. The molecule has 0 fully saturated rings. The molecule has 1 heterocycles. The third-order valence-electron chi connectivity index (χ3n) is 4.35. The molecule has 130 valence electrons. The predicted octanol–water partition coefficient (Wildman–Crippen LogP) is 4.17. The number of benzene rings is 2. The number of rotatable bonds is 5. The lowest BCUT2D eigenvalue weighted by Gasteiger charge is -2.16. The van der Waals surface area contributed by atoms with Gasteiger partial charge in [0.15, 0.2) is 0 Å². The molecule has 1 unspecified atom stereocenters. The molecule has 25 heavy (non-hydrogen) atoms. The van der Waals surface area contributed by atoms with Gasteiger partial charge < -0.3 is 19.4 Å². The largest absolute Gasteiger partial charge is 0.497 e. The number of anilines is 1. The third-order valence-corrected chi connectivity index (χ3v) is 4.35. The van der Waals surface area contributed by atoms with Gasteiger partial charge >= 0.3 is 0 Å². The number of ether oxygens (including phenoxy) is 2. The first-order valence-corrected chi connectivity index (χ1v) is 8.13. The van der Waals surface area contributed by atoms with Crippen molar-refractivity contribution >= 4 is 22.5 Å². The number of methoxy groups -OCH3 is 2. The Morgan fingerprint density at radius 3 is 2.44 bits per heavy atom. The SMILES string of the molecule is COc1cc(OC)c2ccn(C(C)C(=O)Nc3ccc(C)cc3)c2c1. The van der Waals surface area contributed by atoms with Crippen LogP contribution < -0.4 is 14.8 Å². The van der Waals surface area contributed by atoms with Crippen molar-refractivity contribution in [3.8, 4) is 11.5 Å². The van der Waals surface area contributed by atoms with Crippen molar-refractivity contribution in [2.75, 3.05) is 19.5 Å². The van der Waals surface area contributed by atoms with Gasteiger partial charge in [0.25, 0.3) is 0 Å². The summed E-state index contributed by atoms with van der Waals surface area (Å²) in [5.74, 6) is 1.33. The minimum Gasteiger partial charge on any atom is -0.497 e. The van der Waals surface area contributed by atoms with Crippen molar-refractivity contribution in [2.24, 2.45) is 0 Å². The highest BCUT2D eigenvalue weighted by Gasteiger charge is 2.19. The highest BCUT2D eigenvalue weighted by Crippen LogP contribution is 2.33. The maximum Gasteiger partial charge on any atom is 0.247 e. The first-order chi connectivity index (χ1) is 12.0. The lowest BCUT2D eigenvalue weighted by Crippen LogP contribution is -2.23. The minimum atomic E-state index is -0.379. The number of nitrogens with zero attached hydrogens (tertiary/aromatic N) is 1. The van der Waals surface area contributed by atoms with Gasteiger partial charge in [-0.1, -0.05) is 17.7 Å². The molecule has 2 aromatic carbocycles. The molecular formula is C20H22N2O3. The smallest absolute Gasteiger partial charge is 0.247 e. The number of hydrogen-bond donors (Lipinski definition) is 1. The minimum absolute atomic E-state index is 0.0804. The summed E-state index contributed by atoms with van der Waals surface area (Å²) in [5.41, 5.74) is 2.83. The summed E-state index contributed by atoms with van der Waals surface area (Å²) in [6, 6.07) is 13.1. The molecule has 3 rings (SSSR count). The molecule has 0 saturated carbocycles. The molecule has 0 aliphatic rings. The van der Waals surface area contributed by atoms with Crippen LogP contribution in [0, 0.1) is 6.92 Å². The Kier molecular flexibility index (Phi) is 4.65. The number of nitrogens with one attached hydrogen (secondary N) is 1. The molecule has 0 aliphatic heterocycles. The van der Waals surface area contributed by atoms with Crippen molar-refractivity contribution < 1.29 is 14.3 Å². The number of hydrogen-bond acceptors (Lipinski definition) is 3. The van der Waals surface area contributed by atoms with Gasteiger partial charge in [-0.3, -0.25) is 4.79 Å². The van der Waals surface area contributed by atoms with E-state index < -0.39 is 0 Å². The molecule has 1 N–H and O–H groups in total. The van der Waals surface area contributed by atoms with Gasteiger partial charge in [-0.2, -0.15) is 0 Å². The zero-order chi connectivity index (χ0) is 18.0. The number of fused-ring (bicyclic) bond motifs is 1. The molecular weight excluding hydrogens is 316 g/mol. The highest BCUT2D eigenvalue weighted by atomic mass is 16.5. The van der Waals surface area contributed by atoms with Crippen LogP contribution in [0.1, 0.15) is 18.5 Å². The van der Waals surface area contributed by atoms with Gasteiger partial charge in [-0.25, -0.2) is 0 Å². The van der Waals surface area contributed by atoms with Gasteiger partial charge in [0.2, 0.25) is 5.91 Å². The van der Waals surface area contributed by atoms with E-state index >= 15 is 0 Å². The fourth-order valence-electron chi connectivity index (χ4n) is 2.84. The summed E-state index contributed by atoms with van der Waals surface area (Å²) in [4.78, 5) is 12.7. The molecule has 0 aliphatic carbocycles. The maximum atomic E-state index is 12.7. The van der Waals surface area contributed by atoms with Crippen molar-refractivity contribution in [1.29, 1.82) is 0 Å². The van der Waals surface area contributed by atoms with Crippen molar-refractivity contribution in [3.05, 3.63) is 54.2 Å². The van der Waals surface area contributed by atoms with E-state index in [-0.39, 0.29) is 11.9 Å². The Morgan fingerprint density at radius 2 is 1.80 bits per heavy atom. The molecule has 0 radical (unpaired) electrons. The van der Waals surface area contributed by atoms with E-state index in [1.54, 1.807) is 14.2 Å². The lowest BCUT2D eigenvalue weighted by atomic mass is 10.2. The van der Waals surface area contributed by atoms with Crippen LogP contribution in [0.25, 0.3) is 10.9 Å². The van der Waals surface area contributed by atoms with Gasteiger partial charge in [-0.15, -0.1) is 0 Å². The summed E-state index contributed by atoms with van der Waals surface area (Å²) < 4.78 is 12.7. The molecule has 1 amide bonds. The van der Waals surface area contributed by atoms with E-state index in [1.165, 1.54) is 0 Å². The van der Waals surface area contributed by atoms with Crippen LogP contribution in [-0.4, -0.2) is 24.7 Å². The monoisotopic (exact) mass is 338 g/mol. The number of aryl methyl sites for hydroxylation is 1. The Labute approximate surface area is 147 Å². The summed E-state index contributed by atoms with van der Waals surface area (Å²) in [6.07, 6.45) is 1.89. The standard InChI is InChI=1S/C20H22N2O3/c1-13-5-7-15(8-6-13)21-20(23)14(2)22-10-9-17-18(22)11-16(24-3)12-19(17)25-4/h5-12,14H,1-4H3,(H,21,23). The van der Waals surface area contributed by atoms with Crippen LogP contribution in [-0.2, 0) is 4.79 Å². The van der Waals surface area contributed by atoms with Gasteiger partial charge in [-0.05, 0) is 32.0 Å². The summed E-state index contributed by atoms with van der Waals surface area (Å²) >= 11 is 0. The van der Waals surface area contributed by atoms with Crippen molar-refractivity contribution in [2.45, 2.75) is 19.9 Å². The molecule has 1 aromatic heterocycles. The Hall–Kier alpha value is -2.95. The molecule has 5 heteroatoms. The topological polar surface area (TPSA) is 52.5 Å². The van der Waals surface area contributed by atoms with Crippen molar-refractivity contribution in [3.63, 3.8) is 0 Å². The van der Waals surface area contributed by atoms with Gasteiger partial charge in [0.1, 0.15) is 17.5 Å². The average Bonchev–Trinajstić information content (AvgIpc) is 3.05. The molecule has 1 atom stereocenters. The first kappa shape index (κ1) is 16.9. The van der Waals surface area contributed by atoms with Crippen LogP contribution in [0.5, 0.6) is 11.5 Å². The summed E-state index contributed by atoms with van der Waals surface area (Å²) in [5, 5.41) is 3.90. The van der Waals surface area contributed by atoms with E-state index in [0.717, 1.165) is 27.9 Å². The number of carbonyl (C=O) groups excluding carboxylic acids is 1.